The third kappa shape index (κ3) is 1.44. The maximum Gasteiger partial charge on any atom is 0.373 e. The van der Waals surface area contributed by atoms with Crippen molar-refractivity contribution in [1.29, 1.82) is 0 Å². The topological polar surface area (TPSA) is 105 Å². The minimum Gasteiger partial charge on any atom is -0.475 e. The molecule has 2 aromatic heterocycles. The normalized spacial score (nSPS) is 11.2. The smallest absolute Gasteiger partial charge is 0.373 e. The van der Waals surface area contributed by atoms with E-state index in [0.29, 0.717) is 21.2 Å². The summed E-state index contributed by atoms with van der Waals surface area (Å²) in [5.74, 6) is -1.40. The predicted molar refractivity (Wildman–Crippen MR) is 70.5 cm³/mol. The van der Waals surface area contributed by atoms with Crippen LogP contribution in [-0.4, -0.2) is 26.0 Å². The number of carbonyl (C=O) groups is 1. The first-order chi connectivity index (χ1) is 8.58. The zero-order chi connectivity index (χ0) is 12.9. The number of halogens is 1. The standard InChI is InChI=1S/C11H7BrN4O2/c12-8-4(13)1-2-5-7(8)9-6(15-5)3-14-10(16-9)11(17)18/h1-3,15H,13H2,(H,17,18). The number of aromatic nitrogens is 3. The molecule has 0 aliphatic heterocycles. The quantitative estimate of drug-likeness (QED) is 0.597. The second-order valence-electron chi connectivity index (χ2n) is 3.78. The molecule has 18 heavy (non-hydrogen) atoms. The van der Waals surface area contributed by atoms with Gasteiger partial charge in [0.25, 0.3) is 0 Å². The minimum absolute atomic E-state index is 0.238. The number of benzene rings is 1. The maximum atomic E-state index is 10.9. The van der Waals surface area contributed by atoms with E-state index in [4.69, 9.17) is 10.8 Å². The second kappa shape index (κ2) is 3.67. The Morgan fingerprint density at radius 3 is 2.89 bits per heavy atom. The van der Waals surface area contributed by atoms with Gasteiger partial charge in [0, 0.05) is 16.6 Å². The lowest BCUT2D eigenvalue weighted by Crippen LogP contribution is -2.03. The number of anilines is 1. The zero-order valence-electron chi connectivity index (χ0n) is 8.94. The summed E-state index contributed by atoms with van der Waals surface area (Å²) in [6.45, 7) is 0. The molecule has 0 bridgehead atoms. The van der Waals surface area contributed by atoms with Crippen molar-refractivity contribution in [2.75, 3.05) is 5.73 Å². The molecule has 2 heterocycles. The summed E-state index contributed by atoms with van der Waals surface area (Å²) in [4.78, 5) is 21.8. The van der Waals surface area contributed by atoms with Crippen LogP contribution < -0.4 is 5.73 Å². The summed E-state index contributed by atoms with van der Waals surface area (Å²) in [5, 5.41) is 9.67. The molecule has 0 saturated carbocycles. The van der Waals surface area contributed by atoms with Crippen molar-refractivity contribution in [3.63, 3.8) is 0 Å². The Morgan fingerprint density at radius 1 is 1.39 bits per heavy atom. The van der Waals surface area contributed by atoms with E-state index in [2.05, 4.69) is 30.9 Å². The van der Waals surface area contributed by atoms with E-state index >= 15 is 0 Å². The van der Waals surface area contributed by atoms with Gasteiger partial charge in [0.05, 0.1) is 16.2 Å². The summed E-state index contributed by atoms with van der Waals surface area (Å²) in [6.07, 6.45) is 1.45. The van der Waals surface area contributed by atoms with Crippen LogP contribution in [0.15, 0.2) is 22.8 Å². The van der Waals surface area contributed by atoms with E-state index in [0.717, 1.165) is 10.9 Å². The van der Waals surface area contributed by atoms with E-state index in [9.17, 15) is 4.79 Å². The molecule has 0 radical (unpaired) electrons. The van der Waals surface area contributed by atoms with Crippen LogP contribution >= 0.6 is 15.9 Å². The Hall–Kier alpha value is -2.15. The summed E-state index contributed by atoms with van der Waals surface area (Å²) in [5.41, 5.74) is 8.41. The average Bonchev–Trinajstić information content (AvgIpc) is 2.71. The van der Waals surface area contributed by atoms with Gasteiger partial charge in [-0.1, -0.05) is 0 Å². The average molecular weight is 307 g/mol. The molecular weight excluding hydrogens is 300 g/mol. The van der Waals surface area contributed by atoms with Crippen LogP contribution in [0.25, 0.3) is 21.9 Å². The highest BCUT2D eigenvalue weighted by Crippen LogP contribution is 2.34. The Morgan fingerprint density at radius 2 is 2.17 bits per heavy atom. The molecule has 0 spiro atoms. The lowest BCUT2D eigenvalue weighted by Gasteiger charge is -1.99. The van der Waals surface area contributed by atoms with Crippen LogP contribution in [-0.2, 0) is 0 Å². The van der Waals surface area contributed by atoms with E-state index in [1.807, 2.05) is 6.07 Å². The number of fused-ring (bicyclic) bond motifs is 3. The molecule has 7 heteroatoms. The van der Waals surface area contributed by atoms with Gasteiger partial charge in [0.2, 0.25) is 5.82 Å². The number of nitrogens with zero attached hydrogens (tertiary/aromatic N) is 2. The number of nitrogen functional groups attached to an aromatic ring is 1. The van der Waals surface area contributed by atoms with Gasteiger partial charge in [-0.3, -0.25) is 0 Å². The Kier molecular flexibility index (Phi) is 2.24. The largest absolute Gasteiger partial charge is 0.475 e. The van der Waals surface area contributed by atoms with Gasteiger partial charge in [-0.15, -0.1) is 0 Å². The number of nitrogens with two attached hydrogens (primary N) is 1. The molecule has 0 saturated heterocycles. The molecule has 3 aromatic rings. The monoisotopic (exact) mass is 306 g/mol. The predicted octanol–water partition coefficient (Wildman–Crippen LogP) is 2.15. The highest BCUT2D eigenvalue weighted by Gasteiger charge is 2.14. The molecule has 6 nitrogen and oxygen atoms in total. The fraction of sp³-hybridized carbons (Fsp3) is 0. The molecule has 1 aromatic carbocycles. The molecule has 3 rings (SSSR count). The number of rotatable bonds is 1. The zero-order valence-corrected chi connectivity index (χ0v) is 10.5. The summed E-state index contributed by atoms with van der Waals surface area (Å²) < 4.78 is 0.696. The first-order valence-electron chi connectivity index (χ1n) is 5.03. The molecular formula is C11H7BrN4O2. The van der Waals surface area contributed by atoms with Gasteiger partial charge < -0.3 is 15.8 Å². The summed E-state index contributed by atoms with van der Waals surface area (Å²) in [6, 6.07) is 3.57. The number of carboxylic acids is 1. The lowest BCUT2D eigenvalue weighted by atomic mass is 10.2. The highest BCUT2D eigenvalue weighted by atomic mass is 79.9. The molecule has 0 aliphatic rings. The first kappa shape index (κ1) is 11.0. The molecule has 4 N–H and O–H groups in total. The number of hydrogen-bond acceptors (Lipinski definition) is 4. The van der Waals surface area contributed by atoms with E-state index < -0.39 is 5.97 Å². The molecule has 0 unspecified atom stereocenters. The molecule has 90 valence electrons. The molecule has 0 fully saturated rings. The fourth-order valence-corrected chi connectivity index (χ4v) is 2.37. The van der Waals surface area contributed by atoms with Crippen molar-refractivity contribution in [3.8, 4) is 0 Å². The number of H-pyrrole nitrogens is 1. The van der Waals surface area contributed by atoms with Gasteiger partial charge in [0.15, 0.2) is 0 Å². The molecule has 0 aliphatic carbocycles. The van der Waals surface area contributed by atoms with Crippen molar-refractivity contribution in [2.24, 2.45) is 0 Å². The number of aromatic amines is 1. The lowest BCUT2D eigenvalue weighted by molar-refractivity contribution is 0.0684. The van der Waals surface area contributed by atoms with Gasteiger partial charge in [-0.05, 0) is 28.1 Å². The van der Waals surface area contributed by atoms with Gasteiger partial charge in [0.1, 0.15) is 5.52 Å². The van der Waals surface area contributed by atoms with Crippen molar-refractivity contribution < 1.29 is 9.90 Å². The van der Waals surface area contributed by atoms with Crippen molar-refractivity contribution in [3.05, 3.63) is 28.6 Å². The van der Waals surface area contributed by atoms with Gasteiger partial charge >= 0.3 is 5.97 Å². The number of hydrogen-bond donors (Lipinski definition) is 3. The summed E-state index contributed by atoms with van der Waals surface area (Å²) >= 11 is 3.39. The Bertz CT molecular complexity index is 796. The van der Waals surface area contributed by atoms with Gasteiger partial charge in [-0.2, -0.15) is 0 Å². The van der Waals surface area contributed by atoms with E-state index in [-0.39, 0.29) is 5.82 Å². The number of carboxylic acid groups (broad SMARTS) is 1. The van der Waals surface area contributed by atoms with Crippen LogP contribution in [0, 0.1) is 0 Å². The third-order valence-electron chi connectivity index (χ3n) is 2.66. The first-order valence-corrected chi connectivity index (χ1v) is 5.83. The van der Waals surface area contributed by atoms with Crippen molar-refractivity contribution >= 4 is 49.5 Å². The number of aromatic carboxylic acids is 1. The molecule has 0 amide bonds. The van der Waals surface area contributed by atoms with Crippen LogP contribution in [0.4, 0.5) is 5.69 Å². The maximum absolute atomic E-state index is 10.9. The van der Waals surface area contributed by atoms with Crippen molar-refractivity contribution in [1.82, 2.24) is 15.0 Å². The highest BCUT2D eigenvalue weighted by molar-refractivity contribution is 9.10. The van der Waals surface area contributed by atoms with E-state index in [1.165, 1.54) is 6.20 Å². The number of nitrogens with one attached hydrogen (secondary N) is 1. The molecule has 0 atom stereocenters. The van der Waals surface area contributed by atoms with Crippen molar-refractivity contribution in [2.45, 2.75) is 0 Å². The Labute approximate surface area is 109 Å². The van der Waals surface area contributed by atoms with Crippen LogP contribution in [0.5, 0.6) is 0 Å². The summed E-state index contributed by atoms with van der Waals surface area (Å²) in [7, 11) is 0. The Balaban J connectivity index is 2.49. The van der Waals surface area contributed by atoms with Gasteiger partial charge in [-0.25, -0.2) is 14.8 Å². The minimum atomic E-state index is -1.16. The third-order valence-corrected chi connectivity index (χ3v) is 3.51. The second-order valence-corrected chi connectivity index (χ2v) is 4.57. The SMILES string of the molecule is Nc1ccc2[nH]c3cnc(C(=O)O)nc3c2c1Br. The van der Waals surface area contributed by atoms with Crippen LogP contribution in [0.1, 0.15) is 10.6 Å². The van der Waals surface area contributed by atoms with Crippen LogP contribution in [0.2, 0.25) is 0 Å². The van der Waals surface area contributed by atoms with Crippen LogP contribution in [0.3, 0.4) is 0 Å². The van der Waals surface area contributed by atoms with E-state index in [1.54, 1.807) is 6.07 Å². The fourth-order valence-electron chi connectivity index (χ4n) is 1.84.